The van der Waals surface area contributed by atoms with Crippen LogP contribution in [0.4, 0.5) is 0 Å². The second kappa shape index (κ2) is 9.68. The van der Waals surface area contributed by atoms with E-state index in [1.807, 2.05) is 12.1 Å². The van der Waals surface area contributed by atoms with Crippen LogP contribution in [0.1, 0.15) is 70.3 Å². The van der Waals surface area contributed by atoms with Gasteiger partial charge in [0, 0.05) is 6.07 Å². The minimum Gasteiger partial charge on any atom is -0.497 e. The lowest BCUT2D eigenvalue weighted by molar-refractivity contribution is 0.385. The van der Waals surface area contributed by atoms with Gasteiger partial charge in [0.25, 0.3) is 0 Å². The number of ether oxygens (including phenoxy) is 2. The van der Waals surface area contributed by atoms with Crippen LogP contribution in [0, 0.1) is 0 Å². The van der Waals surface area contributed by atoms with Gasteiger partial charge in [-0.2, -0.15) is 0 Å². The van der Waals surface area contributed by atoms with Crippen molar-refractivity contribution < 1.29 is 9.47 Å². The molecule has 0 saturated carbocycles. The number of benzene rings is 1. The number of unbranched alkanes of at least 4 members (excludes halogenated alkanes) is 4. The molecule has 1 atom stereocenters. The highest BCUT2D eigenvalue weighted by molar-refractivity contribution is 5.42. The quantitative estimate of drug-likeness (QED) is 0.522. The summed E-state index contributed by atoms with van der Waals surface area (Å²) >= 11 is 0. The third-order valence-corrected chi connectivity index (χ3v) is 4.03. The Bertz CT molecular complexity index is 374. The molecule has 20 heavy (non-hydrogen) atoms. The summed E-state index contributed by atoms with van der Waals surface area (Å²) in [5.74, 6) is 2.42. The zero-order chi connectivity index (χ0) is 14.8. The van der Waals surface area contributed by atoms with Gasteiger partial charge in [0.05, 0.1) is 14.2 Å². The van der Waals surface area contributed by atoms with Crippen molar-refractivity contribution in [3.63, 3.8) is 0 Å². The summed E-state index contributed by atoms with van der Waals surface area (Å²) < 4.78 is 10.8. The summed E-state index contributed by atoms with van der Waals surface area (Å²) in [4.78, 5) is 0. The van der Waals surface area contributed by atoms with Crippen LogP contribution in [0.25, 0.3) is 0 Å². The monoisotopic (exact) mass is 278 g/mol. The van der Waals surface area contributed by atoms with Crippen molar-refractivity contribution in [3.05, 3.63) is 23.8 Å². The number of rotatable bonds is 10. The predicted octanol–water partition coefficient (Wildman–Crippen LogP) is 5.56. The summed E-state index contributed by atoms with van der Waals surface area (Å²) in [5.41, 5.74) is 1.33. The van der Waals surface area contributed by atoms with Crippen molar-refractivity contribution in [1.82, 2.24) is 0 Å². The van der Waals surface area contributed by atoms with Crippen LogP contribution in [0.3, 0.4) is 0 Å². The van der Waals surface area contributed by atoms with Crippen molar-refractivity contribution in [3.8, 4) is 11.5 Å². The molecule has 1 aromatic carbocycles. The Labute approximate surface area is 124 Å². The summed E-state index contributed by atoms with van der Waals surface area (Å²) in [6.45, 7) is 4.53. The third-order valence-electron chi connectivity index (χ3n) is 4.03. The first kappa shape index (κ1) is 16.9. The predicted molar refractivity (Wildman–Crippen MR) is 86.0 cm³/mol. The van der Waals surface area contributed by atoms with Crippen LogP contribution in [0.5, 0.6) is 11.5 Å². The molecule has 2 heteroatoms. The van der Waals surface area contributed by atoms with Gasteiger partial charge in [-0.1, -0.05) is 52.0 Å². The van der Waals surface area contributed by atoms with Crippen molar-refractivity contribution in [1.29, 1.82) is 0 Å². The molecule has 0 bridgehead atoms. The Balaban J connectivity index is 2.64. The van der Waals surface area contributed by atoms with Crippen LogP contribution in [0.15, 0.2) is 18.2 Å². The van der Waals surface area contributed by atoms with Crippen molar-refractivity contribution in [2.45, 2.75) is 64.7 Å². The summed E-state index contributed by atoms with van der Waals surface area (Å²) in [6.07, 6.45) is 9.12. The molecular formula is C18H30O2. The minimum absolute atomic E-state index is 0.595. The highest BCUT2D eigenvalue weighted by Crippen LogP contribution is 2.35. The van der Waals surface area contributed by atoms with Crippen LogP contribution < -0.4 is 9.47 Å². The van der Waals surface area contributed by atoms with E-state index in [4.69, 9.17) is 9.47 Å². The summed E-state index contributed by atoms with van der Waals surface area (Å²) in [7, 11) is 3.44. The molecule has 2 nitrogen and oxygen atoms in total. The average molecular weight is 278 g/mol. The fourth-order valence-corrected chi connectivity index (χ4v) is 2.73. The molecule has 0 amide bonds. The van der Waals surface area contributed by atoms with Crippen molar-refractivity contribution in [2.24, 2.45) is 0 Å². The molecule has 1 unspecified atom stereocenters. The lowest BCUT2D eigenvalue weighted by Gasteiger charge is -2.19. The molecular weight excluding hydrogens is 248 g/mol. The number of hydrogen-bond acceptors (Lipinski definition) is 2. The maximum absolute atomic E-state index is 5.54. The number of hydrogen-bond donors (Lipinski definition) is 0. The first-order chi connectivity index (χ1) is 9.76. The molecule has 0 N–H and O–H groups in total. The van der Waals surface area contributed by atoms with Gasteiger partial charge in [0.1, 0.15) is 11.5 Å². The van der Waals surface area contributed by atoms with Gasteiger partial charge in [-0.05, 0) is 30.4 Å². The third kappa shape index (κ3) is 5.07. The highest BCUT2D eigenvalue weighted by atomic mass is 16.5. The molecule has 0 heterocycles. The minimum atomic E-state index is 0.595. The second-order valence-electron chi connectivity index (χ2n) is 5.42. The van der Waals surface area contributed by atoms with E-state index in [1.165, 1.54) is 44.1 Å². The normalized spacial score (nSPS) is 12.2. The van der Waals surface area contributed by atoms with E-state index < -0.39 is 0 Å². The van der Waals surface area contributed by atoms with Crippen LogP contribution in [-0.4, -0.2) is 14.2 Å². The smallest absolute Gasteiger partial charge is 0.126 e. The Kier molecular flexibility index (Phi) is 8.17. The zero-order valence-corrected chi connectivity index (χ0v) is 13.6. The topological polar surface area (TPSA) is 18.5 Å². The van der Waals surface area contributed by atoms with Crippen molar-refractivity contribution >= 4 is 0 Å². The van der Waals surface area contributed by atoms with Gasteiger partial charge >= 0.3 is 0 Å². The highest BCUT2D eigenvalue weighted by Gasteiger charge is 2.15. The van der Waals surface area contributed by atoms with E-state index >= 15 is 0 Å². The molecule has 0 radical (unpaired) electrons. The first-order valence-electron chi connectivity index (χ1n) is 7.98. The standard InChI is InChI=1S/C18H30O2/c1-5-7-8-9-10-11-15(6-2)17-13-12-16(19-3)14-18(17)20-4/h12-15H,5-11H2,1-4H3. The maximum Gasteiger partial charge on any atom is 0.126 e. The van der Waals surface area contributed by atoms with E-state index in [0.717, 1.165) is 17.9 Å². The molecule has 0 spiro atoms. The zero-order valence-electron chi connectivity index (χ0n) is 13.6. The molecule has 114 valence electrons. The molecule has 0 saturated heterocycles. The van der Waals surface area contributed by atoms with E-state index in [2.05, 4.69) is 19.9 Å². The fourth-order valence-electron chi connectivity index (χ4n) is 2.73. The van der Waals surface area contributed by atoms with E-state index in [9.17, 15) is 0 Å². The van der Waals surface area contributed by atoms with Gasteiger partial charge in [-0.3, -0.25) is 0 Å². The van der Waals surface area contributed by atoms with Gasteiger partial charge in [0.2, 0.25) is 0 Å². The SMILES string of the molecule is CCCCCCCC(CC)c1ccc(OC)cc1OC. The maximum atomic E-state index is 5.54. The Morgan fingerprint density at radius 2 is 1.70 bits per heavy atom. The Morgan fingerprint density at radius 3 is 2.30 bits per heavy atom. The number of methoxy groups -OCH3 is 2. The summed E-state index contributed by atoms with van der Waals surface area (Å²) in [6, 6.07) is 6.20. The lowest BCUT2D eigenvalue weighted by atomic mass is 9.90. The molecule has 1 aromatic rings. The van der Waals surface area contributed by atoms with Gasteiger partial charge in [0.15, 0.2) is 0 Å². The van der Waals surface area contributed by atoms with Crippen molar-refractivity contribution in [2.75, 3.05) is 14.2 Å². The molecule has 0 fully saturated rings. The summed E-state index contributed by atoms with van der Waals surface area (Å²) in [5, 5.41) is 0. The largest absolute Gasteiger partial charge is 0.497 e. The van der Waals surface area contributed by atoms with E-state index in [1.54, 1.807) is 14.2 Å². The Hall–Kier alpha value is -1.18. The molecule has 0 aromatic heterocycles. The second-order valence-corrected chi connectivity index (χ2v) is 5.42. The van der Waals surface area contributed by atoms with Crippen LogP contribution in [-0.2, 0) is 0 Å². The van der Waals surface area contributed by atoms with Gasteiger partial charge in [-0.25, -0.2) is 0 Å². The molecule has 0 aliphatic carbocycles. The Morgan fingerprint density at radius 1 is 0.950 bits per heavy atom. The average Bonchev–Trinajstić information content (AvgIpc) is 2.50. The van der Waals surface area contributed by atoms with Gasteiger partial charge in [-0.15, -0.1) is 0 Å². The van der Waals surface area contributed by atoms with E-state index in [-0.39, 0.29) is 0 Å². The molecule has 1 rings (SSSR count). The van der Waals surface area contributed by atoms with E-state index in [0.29, 0.717) is 5.92 Å². The molecule has 0 aliphatic heterocycles. The lowest BCUT2D eigenvalue weighted by Crippen LogP contribution is -2.01. The fraction of sp³-hybridized carbons (Fsp3) is 0.667. The van der Waals surface area contributed by atoms with Crippen LogP contribution in [0.2, 0.25) is 0 Å². The first-order valence-corrected chi connectivity index (χ1v) is 7.98. The van der Waals surface area contributed by atoms with Crippen LogP contribution >= 0.6 is 0 Å². The molecule has 0 aliphatic rings. The van der Waals surface area contributed by atoms with Gasteiger partial charge < -0.3 is 9.47 Å².